The van der Waals surface area contributed by atoms with Gasteiger partial charge in [0.1, 0.15) is 4.88 Å². The average Bonchev–Trinajstić information content (AvgIpc) is 3.05. The van der Waals surface area contributed by atoms with Crippen molar-refractivity contribution in [2.24, 2.45) is 5.41 Å². The summed E-state index contributed by atoms with van der Waals surface area (Å²) in [6, 6.07) is 2.48. The molecule has 2 aromatic rings. The second kappa shape index (κ2) is 7.70. The van der Waals surface area contributed by atoms with Crippen LogP contribution in [0.2, 0.25) is 0 Å². The summed E-state index contributed by atoms with van der Waals surface area (Å²) in [6.45, 7) is 4.87. The molecule has 1 aliphatic heterocycles. The summed E-state index contributed by atoms with van der Waals surface area (Å²) in [5.74, 6) is 0.119. The Bertz CT molecular complexity index is 712. The lowest BCUT2D eigenvalue weighted by Crippen LogP contribution is -2.39. The topological polar surface area (TPSA) is 58.1 Å². The largest absolute Gasteiger partial charge is 0.330 e. The summed E-state index contributed by atoms with van der Waals surface area (Å²) in [7, 11) is 0. The molecule has 1 aliphatic carbocycles. The van der Waals surface area contributed by atoms with Gasteiger partial charge >= 0.3 is 0 Å². The van der Waals surface area contributed by atoms with Crippen molar-refractivity contribution in [3.05, 3.63) is 33.0 Å². The monoisotopic (exact) mass is 398 g/mol. The van der Waals surface area contributed by atoms with Gasteiger partial charge in [-0.3, -0.25) is 4.79 Å². The third-order valence-electron chi connectivity index (χ3n) is 5.40. The minimum atomic E-state index is 0. The van der Waals surface area contributed by atoms with Gasteiger partial charge in [-0.25, -0.2) is 0 Å². The van der Waals surface area contributed by atoms with Crippen LogP contribution < -0.4 is 5.32 Å². The maximum Gasteiger partial charge on any atom is 0.268 e. The molecule has 1 N–H and O–H groups in total. The van der Waals surface area contributed by atoms with Gasteiger partial charge in [-0.2, -0.15) is 11.3 Å². The molecule has 0 aromatic carbocycles. The first-order chi connectivity index (χ1) is 11.7. The molecule has 2 aromatic heterocycles. The van der Waals surface area contributed by atoms with E-state index in [2.05, 4.69) is 36.6 Å². The van der Waals surface area contributed by atoms with Crippen LogP contribution in [0, 0.1) is 5.41 Å². The highest BCUT2D eigenvalue weighted by molar-refractivity contribution is 7.08. The molecule has 1 saturated heterocycles. The maximum atomic E-state index is 13.3. The lowest BCUT2D eigenvalue weighted by molar-refractivity contribution is 0.0696. The molecule has 5 nitrogen and oxygen atoms in total. The number of nitrogens with zero attached hydrogens (tertiary/aromatic N) is 3. The van der Waals surface area contributed by atoms with E-state index in [0.717, 1.165) is 36.5 Å². The number of rotatable bonds is 5. The fraction of sp³-hybridized carbons (Fsp3) is 0.588. The number of carbonyl (C=O) groups is 1. The number of nitrogens with one attached hydrogen (secondary N) is 1. The molecule has 2 fully saturated rings. The van der Waals surface area contributed by atoms with Crippen LogP contribution in [-0.4, -0.2) is 39.5 Å². The SMILES string of the molecule is CCc1nnsc1C(=O)N(Cc1ccsc1)C1CC12CCNCC2.Cl. The molecule has 8 heteroatoms. The standard InChI is InChI=1S/C17H22N4OS2.ClH/c1-2-13-15(24-20-19-13)16(22)21(10-12-3-8-23-11-12)14-9-17(14)4-6-18-7-5-17;/h3,8,11,14,18H,2,4-7,9-10H2,1H3;1H. The number of amides is 1. The first kappa shape index (κ1) is 18.8. The number of piperidine rings is 1. The van der Waals surface area contributed by atoms with Crippen LogP contribution >= 0.6 is 35.3 Å². The van der Waals surface area contributed by atoms with E-state index in [9.17, 15) is 4.79 Å². The van der Waals surface area contributed by atoms with Crippen molar-refractivity contribution in [3.63, 3.8) is 0 Å². The van der Waals surface area contributed by atoms with E-state index in [1.54, 1.807) is 11.3 Å². The van der Waals surface area contributed by atoms with Gasteiger partial charge < -0.3 is 10.2 Å². The smallest absolute Gasteiger partial charge is 0.268 e. The highest BCUT2D eigenvalue weighted by Crippen LogP contribution is 2.56. The van der Waals surface area contributed by atoms with Crippen molar-refractivity contribution in [3.8, 4) is 0 Å². The van der Waals surface area contributed by atoms with Gasteiger partial charge in [0.2, 0.25) is 0 Å². The molecule has 1 spiro atoms. The Morgan fingerprint density at radius 2 is 2.24 bits per heavy atom. The predicted molar refractivity (Wildman–Crippen MR) is 104 cm³/mol. The van der Waals surface area contributed by atoms with Gasteiger partial charge in [0.15, 0.2) is 0 Å². The van der Waals surface area contributed by atoms with E-state index in [4.69, 9.17) is 0 Å². The second-order valence-corrected chi connectivity index (χ2v) is 8.33. The molecule has 3 heterocycles. The van der Waals surface area contributed by atoms with Crippen LogP contribution in [0.25, 0.3) is 0 Å². The Kier molecular flexibility index (Phi) is 5.78. The van der Waals surface area contributed by atoms with Crippen molar-refractivity contribution < 1.29 is 4.79 Å². The fourth-order valence-electron chi connectivity index (χ4n) is 3.86. The van der Waals surface area contributed by atoms with Crippen molar-refractivity contribution in [1.82, 2.24) is 19.8 Å². The van der Waals surface area contributed by atoms with Crippen LogP contribution in [-0.2, 0) is 13.0 Å². The summed E-state index contributed by atoms with van der Waals surface area (Å²) in [4.78, 5) is 16.1. The van der Waals surface area contributed by atoms with E-state index < -0.39 is 0 Å². The van der Waals surface area contributed by atoms with Crippen LogP contribution in [0.4, 0.5) is 0 Å². The number of hydrogen-bond acceptors (Lipinski definition) is 6. The van der Waals surface area contributed by atoms with Crippen LogP contribution in [0.5, 0.6) is 0 Å². The fourth-order valence-corrected chi connectivity index (χ4v) is 5.23. The zero-order valence-corrected chi connectivity index (χ0v) is 16.7. The van der Waals surface area contributed by atoms with Gasteiger partial charge in [0.05, 0.1) is 5.69 Å². The number of halogens is 1. The molecule has 1 saturated carbocycles. The zero-order valence-electron chi connectivity index (χ0n) is 14.2. The van der Waals surface area contributed by atoms with Crippen LogP contribution in [0.1, 0.15) is 47.1 Å². The number of carbonyl (C=O) groups excluding carboxylic acids is 1. The summed E-state index contributed by atoms with van der Waals surface area (Å²) < 4.78 is 4.01. The molecular formula is C17H23ClN4OS2. The Hall–Kier alpha value is -1.02. The number of hydrogen-bond donors (Lipinski definition) is 1. The molecule has 1 amide bonds. The lowest BCUT2D eigenvalue weighted by atomic mass is 9.93. The van der Waals surface area contributed by atoms with E-state index in [0.29, 0.717) is 18.0 Å². The number of aryl methyl sites for hydroxylation is 1. The van der Waals surface area contributed by atoms with Gasteiger partial charge in [0.25, 0.3) is 5.91 Å². The van der Waals surface area contributed by atoms with E-state index >= 15 is 0 Å². The molecule has 2 aliphatic rings. The Morgan fingerprint density at radius 1 is 1.44 bits per heavy atom. The maximum absolute atomic E-state index is 13.3. The Labute approximate surface area is 162 Å². The highest BCUT2D eigenvalue weighted by Gasteiger charge is 2.58. The number of aromatic nitrogens is 2. The third kappa shape index (κ3) is 3.60. The molecular weight excluding hydrogens is 376 g/mol. The Morgan fingerprint density at radius 3 is 2.92 bits per heavy atom. The van der Waals surface area contributed by atoms with Crippen LogP contribution in [0.3, 0.4) is 0 Å². The zero-order chi connectivity index (χ0) is 16.6. The van der Waals surface area contributed by atoms with Crippen LogP contribution in [0.15, 0.2) is 16.8 Å². The minimum Gasteiger partial charge on any atom is -0.330 e. The summed E-state index contributed by atoms with van der Waals surface area (Å²) in [5.41, 5.74) is 2.39. The van der Waals surface area contributed by atoms with Crippen molar-refractivity contribution in [2.45, 2.75) is 45.2 Å². The molecule has 0 bridgehead atoms. The van der Waals surface area contributed by atoms with Gasteiger partial charge in [-0.1, -0.05) is 11.4 Å². The first-order valence-electron chi connectivity index (χ1n) is 8.57. The van der Waals surface area contributed by atoms with E-state index in [-0.39, 0.29) is 18.3 Å². The summed E-state index contributed by atoms with van der Waals surface area (Å²) >= 11 is 2.93. The minimum absolute atomic E-state index is 0. The van der Waals surface area contributed by atoms with Gasteiger partial charge in [-0.15, -0.1) is 17.5 Å². The molecule has 25 heavy (non-hydrogen) atoms. The molecule has 1 unspecified atom stereocenters. The van der Waals surface area contributed by atoms with Gasteiger partial charge in [0, 0.05) is 12.6 Å². The molecule has 4 rings (SSSR count). The Balaban J connectivity index is 0.00000182. The van der Waals surface area contributed by atoms with E-state index in [1.165, 1.54) is 29.9 Å². The lowest BCUT2D eigenvalue weighted by Gasteiger charge is -2.29. The van der Waals surface area contributed by atoms with Crippen molar-refractivity contribution >= 4 is 41.2 Å². The highest BCUT2D eigenvalue weighted by atomic mass is 35.5. The van der Waals surface area contributed by atoms with Crippen molar-refractivity contribution in [2.75, 3.05) is 13.1 Å². The quantitative estimate of drug-likeness (QED) is 0.838. The second-order valence-electron chi connectivity index (χ2n) is 6.80. The molecule has 136 valence electrons. The first-order valence-corrected chi connectivity index (χ1v) is 10.3. The van der Waals surface area contributed by atoms with E-state index in [1.807, 2.05) is 6.92 Å². The summed E-state index contributed by atoms with van der Waals surface area (Å²) in [6.07, 6.45) is 4.24. The average molecular weight is 399 g/mol. The normalized spacial score (nSPS) is 20.9. The predicted octanol–water partition coefficient (Wildman–Crippen LogP) is 3.37. The summed E-state index contributed by atoms with van der Waals surface area (Å²) in [5, 5.41) is 11.8. The third-order valence-corrected chi connectivity index (χ3v) is 6.89. The van der Waals surface area contributed by atoms with Crippen molar-refractivity contribution in [1.29, 1.82) is 0 Å². The molecule has 1 atom stereocenters. The van der Waals surface area contributed by atoms with Gasteiger partial charge in [-0.05, 0) is 78.1 Å². The molecule has 0 radical (unpaired) electrons. The number of thiophene rings is 1.